The summed E-state index contributed by atoms with van der Waals surface area (Å²) in [5.41, 5.74) is 2.12. The third-order valence-electron chi connectivity index (χ3n) is 5.91. The Hall–Kier alpha value is -4.99. The Morgan fingerprint density at radius 1 is 1.38 bits per heavy atom. The lowest BCUT2D eigenvalue weighted by atomic mass is 10.00. The molecule has 204 valence electrons. The van der Waals surface area contributed by atoms with Crippen molar-refractivity contribution in [3.8, 4) is 6.07 Å². The molecule has 0 spiro atoms. The minimum Gasteiger partial charge on any atom is -0.482 e. The first kappa shape index (κ1) is 28.6. The number of benzene rings is 1. The topological polar surface area (TPSA) is 151 Å². The van der Waals surface area contributed by atoms with E-state index in [2.05, 4.69) is 38.2 Å². The van der Waals surface area contributed by atoms with E-state index >= 15 is 0 Å². The van der Waals surface area contributed by atoms with Crippen molar-refractivity contribution in [3.05, 3.63) is 69.8 Å². The number of nitrogens with one attached hydrogen (secondary N) is 2. The number of methoxy groups -OCH3 is 1. The van der Waals surface area contributed by atoms with Gasteiger partial charge in [0.05, 0.1) is 19.3 Å². The van der Waals surface area contributed by atoms with Gasteiger partial charge in [-0.15, -0.1) is 0 Å². The van der Waals surface area contributed by atoms with Gasteiger partial charge in [0, 0.05) is 30.8 Å². The van der Waals surface area contributed by atoms with Gasteiger partial charge in [-0.2, -0.15) is 10.4 Å². The Morgan fingerprint density at radius 2 is 2.10 bits per heavy atom. The number of allylic oxidation sites excluding steroid dienone is 2. The largest absolute Gasteiger partial charge is 0.482 e. The lowest BCUT2D eigenvalue weighted by Gasteiger charge is -2.24. The first-order valence-corrected chi connectivity index (χ1v) is 11.7. The summed E-state index contributed by atoms with van der Waals surface area (Å²) in [6.45, 7) is 6.45. The number of nitriles is 1. The van der Waals surface area contributed by atoms with Gasteiger partial charge in [-0.05, 0) is 50.4 Å². The van der Waals surface area contributed by atoms with Crippen molar-refractivity contribution in [2.45, 2.75) is 26.5 Å². The summed E-state index contributed by atoms with van der Waals surface area (Å²) in [6.07, 6.45) is -0.158. The number of ether oxygens (including phenoxy) is 2. The van der Waals surface area contributed by atoms with Crippen molar-refractivity contribution in [1.82, 2.24) is 25.3 Å². The Labute approximate surface area is 224 Å². The molecule has 0 fully saturated rings. The SMILES string of the molecule is C=N/C(NC(=O)CNC(=O)OC)=C1\C=C(/C)c2c(nn(C)c2C#N)CN(C)C(=O)c2ccc(F)cc2C(C)O1. The molecule has 0 bridgehead atoms. The highest BCUT2D eigenvalue weighted by Crippen LogP contribution is 2.31. The van der Waals surface area contributed by atoms with Crippen molar-refractivity contribution < 1.29 is 28.2 Å². The zero-order valence-corrected chi connectivity index (χ0v) is 22.2. The molecular weight excluding hydrogens is 509 g/mol. The second kappa shape index (κ2) is 12.0. The number of halogens is 1. The molecule has 39 heavy (non-hydrogen) atoms. The lowest BCUT2D eigenvalue weighted by molar-refractivity contribution is -0.119. The maximum absolute atomic E-state index is 14.3. The molecule has 0 saturated heterocycles. The summed E-state index contributed by atoms with van der Waals surface area (Å²) in [4.78, 5) is 42.6. The molecule has 12 nitrogen and oxygen atoms in total. The van der Waals surface area contributed by atoms with Crippen molar-refractivity contribution in [1.29, 1.82) is 5.26 Å². The molecule has 1 aromatic heterocycles. The van der Waals surface area contributed by atoms with Crippen LogP contribution in [0.4, 0.5) is 9.18 Å². The number of carbonyl (C=O) groups is 3. The second-order valence-corrected chi connectivity index (χ2v) is 8.65. The summed E-state index contributed by atoms with van der Waals surface area (Å²) in [5, 5.41) is 19.0. The standard InChI is InChI=1S/C26H28FN7O5/c1-14-9-21(24(29-3)31-22(35)12-30-26(37)38-6)39-15(2)18-10-16(27)7-8-17(18)25(36)33(4)13-19-23(14)20(11-28)34(5)32-19/h7-10,15H,3,12-13H2,1-2,4-6H3,(H,30,37)(H,31,35)/b14-9+,24-21-. The van der Waals surface area contributed by atoms with E-state index in [4.69, 9.17) is 4.74 Å². The molecule has 3 amide bonds. The number of aromatic nitrogens is 2. The molecule has 0 radical (unpaired) electrons. The van der Waals surface area contributed by atoms with E-state index in [9.17, 15) is 24.0 Å². The number of aryl methyl sites for hydroxylation is 1. The molecule has 0 saturated carbocycles. The zero-order valence-electron chi connectivity index (χ0n) is 22.2. The Balaban J connectivity index is 2.23. The average molecular weight is 538 g/mol. The third-order valence-corrected chi connectivity index (χ3v) is 5.91. The van der Waals surface area contributed by atoms with Gasteiger partial charge in [0.2, 0.25) is 5.91 Å². The van der Waals surface area contributed by atoms with Gasteiger partial charge in [-0.25, -0.2) is 14.2 Å². The van der Waals surface area contributed by atoms with Crippen LogP contribution in [0.5, 0.6) is 0 Å². The number of amides is 3. The van der Waals surface area contributed by atoms with Crippen LogP contribution in [0.25, 0.3) is 5.57 Å². The fourth-order valence-corrected chi connectivity index (χ4v) is 4.06. The van der Waals surface area contributed by atoms with Crippen LogP contribution in [0.15, 0.2) is 40.8 Å². The fraction of sp³-hybridized carbons (Fsp3) is 0.308. The summed E-state index contributed by atoms with van der Waals surface area (Å²) in [5.74, 6) is -1.74. The lowest BCUT2D eigenvalue weighted by Crippen LogP contribution is -2.36. The molecule has 1 aromatic carbocycles. The Morgan fingerprint density at radius 3 is 2.74 bits per heavy atom. The highest BCUT2D eigenvalue weighted by atomic mass is 19.1. The van der Waals surface area contributed by atoms with Crippen molar-refractivity contribution in [2.24, 2.45) is 12.0 Å². The minimum atomic E-state index is -0.892. The first-order chi connectivity index (χ1) is 18.5. The van der Waals surface area contributed by atoms with Gasteiger partial charge >= 0.3 is 6.09 Å². The van der Waals surface area contributed by atoms with Gasteiger partial charge in [0.15, 0.2) is 11.6 Å². The van der Waals surface area contributed by atoms with Gasteiger partial charge in [0.1, 0.15) is 30.2 Å². The van der Waals surface area contributed by atoms with E-state index in [1.165, 1.54) is 33.9 Å². The minimum absolute atomic E-state index is 0.0108. The molecule has 0 aliphatic carbocycles. The molecule has 2 aromatic rings. The van der Waals surface area contributed by atoms with Gasteiger partial charge in [-0.3, -0.25) is 14.3 Å². The first-order valence-electron chi connectivity index (χ1n) is 11.7. The van der Waals surface area contributed by atoms with E-state index in [0.29, 0.717) is 16.8 Å². The van der Waals surface area contributed by atoms with E-state index in [0.717, 1.165) is 7.11 Å². The number of aliphatic imine (C=N–C) groups is 1. The van der Waals surface area contributed by atoms with Crippen LogP contribution < -0.4 is 10.6 Å². The van der Waals surface area contributed by atoms with Gasteiger partial charge < -0.3 is 25.0 Å². The number of carbonyl (C=O) groups excluding carboxylic acids is 3. The van der Waals surface area contributed by atoms with Crippen LogP contribution in [0.3, 0.4) is 0 Å². The second-order valence-electron chi connectivity index (χ2n) is 8.65. The Bertz CT molecular complexity index is 1440. The maximum atomic E-state index is 14.3. The van der Waals surface area contributed by atoms with Crippen LogP contribution >= 0.6 is 0 Å². The molecule has 2 heterocycles. The predicted octanol–water partition coefficient (Wildman–Crippen LogP) is 2.54. The molecule has 1 aliphatic heterocycles. The predicted molar refractivity (Wildman–Crippen MR) is 138 cm³/mol. The van der Waals surface area contributed by atoms with Gasteiger partial charge in [0.25, 0.3) is 5.91 Å². The maximum Gasteiger partial charge on any atom is 0.407 e. The van der Waals surface area contributed by atoms with E-state index in [-0.39, 0.29) is 34.9 Å². The monoisotopic (exact) mass is 537 g/mol. The van der Waals surface area contributed by atoms with E-state index < -0.39 is 36.4 Å². The van der Waals surface area contributed by atoms with Crippen LogP contribution in [0.1, 0.15) is 52.8 Å². The molecule has 13 heteroatoms. The summed E-state index contributed by atoms with van der Waals surface area (Å²) in [6, 6.07) is 5.87. The summed E-state index contributed by atoms with van der Waals surface area (Å²) >= 11 is 0. The van der Waals surface area contributed by atoms with Crippen LogP contribution in [-0.4, -0.2) is 60.0 Å². The fourth-order valence-electron chi connectivity index (χ4n) is 4.06. The quantitative estimate of drug-likeness (QED) is 0.569. The van der Waals surface area contributed by atoms with Crippen LogP contribution in [-0.2, 0) is 27.9 Å². The van der Waals surface area contributed by atoms with Gasteiger partial charge in [-0.1, -0.05) is 0 Å². The van der Waals surface area contributed by atoms with Crippen molar-refractivity contribution >= 4 is 30.2 Å². The molecule has 2 N–H and O–H groups in total. The molecular formula is C26H28FN7O5. The number of hydrogen-bond acceptors (Lipinski definition) is 8. The number of rotatable bonds is 4. The highest BCUT2D eigenvalue weighted by molar-refractivity contribution is 5.95. The summed E-state index contributed by atoms with van der Waals surface area (Å²) < 4.78 is 26.3. The number of alkyl carbamates (subject to hydrolysis) is 1. The van der Waals surface area contributed by atoms with E-state index in [1.54, 1.807) is 27.9 Å². The number of fused-ring (bicyclic) bond motifs is 2. The normalized spacial score (nSPS) is 18.0. The smallest absolute Gasteiger partial charge is 0.407 e. The molecule has 1 unspecified atom stereocenters. The average Bonchev–Trinajstić information content (AvgIpc) is 3.23. The van der Waals surface area contributed by atoms with Crippen LogP contribution in [0.2, 0.25) is 0 Å². The Kier molecular flexibility index (Phi) is 8.82. The van der Waals surface area contributed by atoms with Crippen LogP contribution in [0, 0.1) is 17.1 Å². The van der Waals surface area contributed by atoms with Crippen molar-refractivity contribution in [2.75, 3.05) is 20.7 Å². The van der Waals surface area contributed by atoms with E-state index in [1.807, 2.05) is 0 Å². The molecule has 1 aliphatic rings. The molecule has 3 rings (SSSR count). The number of hydrogen-bond donors (Lipinski definition) is 2. The summed E-state index contributed by atoms with van der Waals surface area (Å²) in [7, 11) is 4.35. The van der Waals surface area contributed by atoms with Crippen molar-refractivity contribution in [3.63, 3.8) is 0 Å². The zero-order chi connectivity index (χ0) is 28.9. The molecule has 1 atom stereocenters. The number of nitrogens with zero attached hydrogens (tertiary/aromatic N) is 5. The third kappa shape index (κ3) is 6.30. The highest BCUT2D eigenvalue weighted by Gasteiger charge is 2.27.